The fourth-order valence-corrected chi connectivity index (χ4v) is 3.53. The summed E-state index contributed by atoms with van der Waals surface area (Å²) < 4.78 is 26.3. The Morgan fingerprint density at radius 3 is 2.61 bits per heavy atom. The van der Waals surface area contributed by atoms with Crippen molar-refractivity contribution in [1.29, 1.82) is 0 Å². The normalized spacial score (nSPS) is 14.0. The van der Waals surface area contributed by atoms with Crippen molar-refractivity contribution in [3.8, 4) is 0 Å². The summed E-state index contributed by atoms with van der Waals surface area (Å²) >= 11 is 1.63. The Hall–Kier alpha value is -0.430. The minimum atomic E-state index is -3.19. The van der Waals surface area contributed by atoms with Crippen LogP contribution in [0.15, 0.2) is 16.8 Å². The second-order valence-corrected chi connectivity index (χ2v) is 7.44. The molecular weight excluding hydrogens is 268 g/mol. The molecule has 0 saturated carbocycles. The van der Waals surface area contributed by atoms with E-state index in [1.807, 2.05) is 37.6 Å². The van der Waals surface area contributed by atoms with Crippen molar-refractivity contribution in [2.75, 3.05) is 12.3 Å². The Bertz CT molecular complexity index is 427. The first-order chi connectivity index (χ1) is 8.39. The van der Waals surface area contributed by atoms with Crippen molar-refractivity contribution >= 4 is 21.4 Å². The zero-order valence-electron chi connectivity index (χ0n) is 11.1. The highest BCUT2D eigenvalue weighted by Gasteiger charge is 2.14. The van der Waals surface area contributed by atoms with Gasteiger partial charge in [-0.3, -0.25) is 0 Å². The smallest absolute Gasteiger partial charge is 0.213 e. The summed E-state index contributed by atoms with van der Waals surface area (Å²) in [5, 5.41) is 7.15. The molecule has 1 heterocycles. The molecule has 1 aromatic rings. The predicted molar refractivity (Wildman–Crippen MR) is 77.5 cm³/mol. The predicted octanol–water partition coefficient (Wildman–Crippen LogP) is 1.60. The molecule has 0 fully saturated rings. The van der Waals surface area contributed by atoms with Crippen LogP contribution in [0.25, 0.3) is 0 Å². The van der Waals surface area contributed by atoms with Gasteiger partial charge in [0.2, 0.25) is 10.0 Å². The van der Waals surface area contributed by atoms with Crippen LogP contribution in [0.2, 0.25) is 0 Å². The van der Waals surface area contributed by atoms with Crippen molar-refractivity contribution in [1.82, 2.24) is 10.0 Å². The Morgan fingerprint density at radius 1 is 1.33 bits per heavy atom. The molecule has 1 aromatic heterocycles. The lowest BCUT2D eigenvalue weighted by atomic mass is 10.1. The Labute approximate surface area is 114 Å². The Kier molecular flexibility index (Phi) is 6.28. The lowest BCUT2D eigenvalue weighted by molar-refractivity contribution is 0.550. The highest BCUT2D eigenvalue weighted by molar-refractivity contribution is 7.89. The summed E-state index contributed by atoms with van der Waals surface area (Å²) in [6, 6.07) is 2.27. The van der Waals surface area contributed by atoms with Crippen molar-refractivity contribution in [2.45, 2.75) is 39.3 Å². The highest BCUT2D eigenvalue weighted by Crippen LogP contribution is 2.08. The first kappa shape index (κ1) is 15.6. The first-order valence-electron chi connectivity index (χ1n) is 6.13. The average molecular weight is 290 g/mol. The number of sulfonamides is 1. The summed E-state index contributed by atoms with van der Waals surface area (Å²) in [4.78, 5) is 0. The molecule has 18 heavy (non-hydrogen) atoms. The van der Waals surface area contributed by atoms with Crippen LogP contribution < -0.4 is 10.0 Å². The van der Waals surface area contributed by atoms with Crippen LogP contribution in [0.4, 0.5) is 0 Å². The molecule has 1 unspecified atom stereocenters. The van der Waals surface area contributed by atoms with E-state index in [9.17, 15) is 8.42 Å². The maximum Gasteiger partial charge on any atom is 0.213 e. The summed E-state index contributed by atoms with van der Waals surface area (Å²) in [6.45, 7) is 6.38. The van der Waals surface area contributed by atoms with Crippen LogP contribution in [-0.2, 0) is 16.4 Å². The molecule has 0 aliphatic carbocycles. The summed E-state index contributed by atoms with van der Waals surface area (Å²) in [7, 11) is -3.19. The van der Waals surface area contributed by atoms with Gasteiger partial charge < -0.3 is 5.32 Å². The standard InChI is InChI=1S/C12H22N2O2S2/c1-10(2)13-5-7-18(15,16)14-11(3)8-12-4-6-17-9-12/h4,6,9-11,13-14H,5,7-8H2,1-3H3. The third-order valence-corrected chi connectivity index (χ3v) is 4.66. The van der Waals surface area contributed by atoms with Crippen molar-refractivity contribution in [3.05, 3.63) is 22.4 Å². The maximum atomic E-state index is 11.8. The number of hydrogen-bond acceptors (Lipinski definition) is 4. The van der Waals surface area contributed by atoms with Gasteiger partial charge in [0.15, 0.2) is 0 Å². The molecule has 6 heteroatoms. The van der Waals surface area contributed by atoms with E-state index < -0.39 is 10.0 Å². The maximum absolute atomic E-state index is 11.8. The Balaban J connectivity index is 2.35. The molecule has 0 aliphatic rings. The van der Waals surface area contributed by atoms with E-state index in [1.165, 1.54) is 5.56 Å². The van der Waals surface area contributed by atoms with E-state index >= 15 is 0 Å². The van der Waals surface area contributed by atoms with Gasteiger partial charge in [-0.1, -0.05) is 13.8 Å². The number of rotatable bonds is 8. The van der Waals surface area contributed by atoms with E-state index in [1.54, 1.807) is 11.3 Å². The summed E-state index contributed by atoms with van der Waals surface area (Å²) in [5.41, 5.74) is 1.18. The second kappa shape index (κ2) is 7.23. The molecule has 0 aliphatic heterocycles. The van der Waals surface area contributed by atoms with Crippen LogP contribution in [0.5, 0.6) is 0 Å². The van der Waals surface area contributed by atoms with Gasteiger partial charge in [0.25, 0.3) is 0 Å². The fourth-order valence-electron chi connectivity index (χ4n) is 1.65. The molecule has 0 saturated heterocycles. The van der Waals surface area contributed by atoms with Gasteiger partial charge in [-0.05, 0) is 35.7 Å². The van der Waals surface area contributed by atoms with Gasteiger partial charge in [0, 0.05) is 18.6 Å². The van der Waals surface area contributed by atoms with Crippen LogP contribution in [-0.4, -0.2) is 32.8 Å². The van der Waals surface area contributed by atoms with Gasteiger partial charge in [0.05, 0.1) is 5.75 Å². The lowest BCUT2D eigenvalue weighted by Crippen LogP contribution is -2.39. The van der Waals surface area contributed by atoms with Crippen molar-refractivity contribution < 1.29 is 8.42 Å². The molecule has 0 aromatic carbocycles. The molecule has 2 N–H and O–H groups in total. The zero-order chi connectivity index (χ0) is 13.6. The highest BCUT2D eigenvalue weighted by atomic mass is 32.2. The number of thiophene rings is 1. The molecule has 0 bridgehead atoms. The van der Waals surface area contributed by atoms with Crippen LogP contribution in [0.3, 0.4) is 0 Å². The topological polar surface area (TPSA) is 58.2 Å². The first-order valence-corrected chi connectivity index (χ1v) is 8.73. The number of nitrogens with one attached hydrogen (secondary N) is 2. The van der Waals surface area contributed by atoms with Gasteiger partial charge in [-0.25, -0.2) is 13.1 Å². The van der Waals surface area contributed by atoms with E-state index in [2.05, 4.69) is 10.0 Å². The third-order valence-electron chi connectivity index (χ3n) is 2.43. The Morgan fingerprint density at radius 2 is 2.06 bits per heavy atom. The molecular formula is C12H22N2O2S2. The molecule has 1 atom stereocenters. The SMILES string of the molecule is CC(C)NCCS(=O)(=O)NC(C)Cc1ccsc1. The quantitative estimate of drug-likeness (QED) is 0.764. The van der Waals surface area contributed by atoms with E-state index in [4.69, 9.17) is 0 Å². The molecule has 1 rings (SSSR count). The summed E-state index contributed by atoms with van der Waals surface area (Å²) in [6.07, 6.45) is 0.736. The minimum absolute atomic E-state index is 0.0661. The zero-order valence-corrected chi connectivity index (χ0v) is 12.8. The van der Waals surface area contributed by atoms with Crippen molar-refractivity contribution in [3.63, 3.8) is 0 Å². The largest absolute Gasteiger partial charge is 0.313 e. The fraction of sp³-hybridized carbons (Fsp3) is 0.667. The molecule has 104 valence electrons. The van der Waals surface area contributed by atoms with Crippen LogP contribution in [0, 0.1) is 0 Å². The third kappa shape index (κ3) is 6.49. The van der Waals surface area contributed by atoms with Gasteiger partial charge in [0.1, 0.15) is 0 Å². The van der Waals surface area contributed by atoms with E-state index in [0.717, 1.165) is 6.42 Å². The summed E-state index contributed by atoms with van der Waals surface area (Å²) in [5.74, 6) is 0.124. The molecule has 0 radical (unpaired) electrons. The van der Waals surface area contributed by atoms with Crippen LogP contribution in [0.1, 0.15) is 26.3 Å². The van der Waals surface area contributed by atoms with Gasteiger partial charge >= 0.3 is 0 Å². The van der Waals surface area contributed by atoms with Crippen LogP contribution >= 0.6 is 11.3 Å². The lowest BCUT2D eigenvalue weighted by Gasteiger charge is -2.14. The number of hydrogen-bond donors (Lipinski definition) is 2. The second-order valence-electron chi connectivity index (χ2n) is 4.78. The average Bonchev–Trinajstić information content (AvgIpc) is 2.67. The van der Waals surface area contributed by atoms with Gasteiger partial charge in [-0.2, -0.15) is 11.3 Å². The van der Waals surface area contributed by atoms with E-state index in [0.29, 0.717) is 12.6 Å². The van der Waals surface area contributed by atoms with E-state index in [-0.39, 0.29) is 11.8 Å². The molecule has 0 amide bonds. The molecule has 0 spiro atoms. The minimum Gasteiger partial charge on any atom is -0.313 e. The molecule has 4 nitrogen and oxygen atoms in total. The van der Waals surface area contributed by atoms with Gasteiger partial charge in [-0.15, -0.1) is 0 Å². The van der Waals surface area contributed by atoms with Crippen molar-refractivity contribution in [2.24, 2.45) is 0 Å². The monoisotopic (exact) mass is 290 g/mol.